The number of hydrogen-bond acceptors (Lipinski definition) is 7. The highest BCUT2D eigenvalue weighted by molar-refractivity contribution is 6.42. The van der Waals surface area contributed by atoms with Crippen LogP contribution in [-0.4, -0.2) is 61.6 Å². The molecule has 1 rings (SSSR count). The quantitative estimate of drug-likeness (QED) is 0.310. The third-order valence-electron chi connectivity index (χ3n) is 2.96. The topological polar surface area (TPSA) is 78.2 Å². The van der Waals surface area contributed by atoms with Gasteiger partial charge in [0.1, 0.15) is 6.07 Å². The van der Waals surface area contributed by atoms with E-state index in [4.69, 9.17) is 14.8 Å². The van der Waals surface area contributed by atoms with Gasteiger partial charge in [0.2, 0.25) is 6.35 Å². The summed E-state index contributed by atoms with van der Waals surface area (Å²) in [5, 5.41) is 12.6. The molecule has 1 fully saturated rings. The minimum atomic E-state index is -0.758. The van der Waals surface area contributed by atoms with Crippen LogP contribution in [0.5, 0.6) is 0 Å². The molecule has 1 unspecified atom stereocenters. The summed E-state index contributed by atoms with van der Waals surface area (Å²) in [6.45, 7) is 3.70. The van der Waals surface area contributed by atoms with Crippen LogP contribution in [0.15, 0.2) is 5.16 Å². The zero-order valence-corrected chi connectivity index (χ0v) is 12.3. The van der Waals surface area contributed by atoms with Gasteiger partial charge in [0.05, 0.1) is 6.61 Å². The summed E-state index contributed by atoms with van der Waals surface area (Å²) in [6, 6.07) is 1.70. The molecule has 0 saturated carbocycles. The van der Waals surface area contributed by atoms with Gasteiger partial charge in [0.15, 0.2) is 0 Å². The Morgan fingerprint density at radius 3 is 2.55 bits per heavy atom. The van der Waals surface area contributed by atoms with E-state index in [1.165, 1.54) is 6.42 Å². The number of nitriles is 1. The van der Waals surface area contributed by atoms with Crippen LogP contribution in [0.2, 0.25) is 0 Å². The molecule has 1 aliphatic rings. The lowest BCUT2D eigenvalue weighted by molar-refractivity contribution is -0.144. The van der Waals surface area contributed by atoms with Gasteiger partial charge in [0, 0.05) is 13.1 Å². The predicted octanol–water partition coefficient (Wildman–Crippen LogP) is 0.777. The van der Waals surface area contributed by atoms with Crippen LogP contribution in [0.25, 0.3) is 0 Å². The van der Waals surface area contributed by atoms with E-state index in [1.54, 1.807) is 13.0 Å². The molecule has 1 saturated heterocycles. The lowest BCUT2D eigenvalue weighted by Gasteiger charge is -2.35. The van der Waals surface area contributed by atoms with Gasteiger partial charge in [-0.25, -0.2) is 4.79 Å². The van der Waals surface area contributed by atoms with Crippen molar-refractivity contribution in [1.29, 1.82) is 5.26 Å². The second-order valence-electron chi connectivity index (χ2n) is 4.76. The van der Waals surface area contributed by atoms with Gasteiger partial charge in [0.25, 0.3) is 5.71 Å². The van der Waals surface area contributed by atoms with Crippen molar-refractivity contribution in [2.75, 3.05) is 33.8 Å². The van der Waals surface area contributed by atoms with E-state index in [-0.39, 0.29) is 18.7 Å². The fourth-order valence-corrected chi connectivity index (χ4v) is 2.03. The Bertz CT molecular complexity index is 384. The second-order valence-corrected chi connectivity index (χ2v) is 4.76. The highest BCUT2D eigenvalue weighted by Gasteiger charge is 2.25. The first-order valence-corrected chi connectivity index (χ1v) is 6.81. The molecule has 7 nitrogen and oxygen atoms in total. The molecule has 0 radical (unpaired) electrons. The SMILES string of the molecule is CCOC(=O)/C(C#N)=N\OC(N(C)C)N1CCCCC1. The summed E-state index contributed by atoms with van der Waals surface area (Å²) >= 11 is 0. The first kappa shape index (κ1) is 16.4. The molecule has 1 heterocycles. The van der Waals surface area contributed by atoms with Crippen molar-refractivity contribution in [3.8, 4) is 6.07 Å². The van der Waals surface area contributed by atoms with Gasteiger partial charge < -0.3 is 9.57 Å². The van der Waals surface area contributed by atoms with Gasteiger partial charge in [-0.15, -0.1) is 0 Å². The summed E-state index contributed by atoms with van der Waals surface area (Å²) in [6.07, 6.45) is 3.06. The number of nitrogens with zero attached hydrogens (tertiary/aromatic N) is 4. The molecule has 0 aromatic heterocycles. The molecule has 0 aromatic carbocycles. The minimum absolute atomic E-state index is 0.197. The molecule has 1 atom stereocenters. The number of oxime groups is 1. The van der Waals surface area contributed by atoms with Crippen molar-refractivity contribution in [3.63, 3.8) is 0 Å². The van der Waals surface area contributed by atoms with E-state index in [0.29, 0.717) is 0 Å². The smallest absolute Gasteiger partial charge is 0.371 e. The third-order valence-corrected chi connectivity index (χ3v) is 2.96. The van der Waals surface area contributed by atoms with Crippen molar-refractivity contribution in [2.24, 2.45) is 5.16 Å². The van der Waals surface area contributed by atoms with E-state index in [1.807, 2.05) is 19.0 Å². The van der Waals surface area contributed by atoms with Crippen LogP contribution in [0, 0.1) is 11.3 Å². The molecular formula is C13H22N4O3. The highest BCUT2D eigenvalue weighted by Crippen LogP contribution is 2.14. The molecule has 0 aromatic rings. The Hall–Kier alpha value is -1.65. The standard InChI is InChI=1S/C13H22N4O3/c1-4-19-12(18)11(10-14)15-20-13(16(2)3)17-8-6-5-7-9-17/h13H,4-9H2,1-3H3/b15-11-. The molecule has 0 aliphatic carbocycles. The molecule has 0 bridgehead atoms. The first-order chi connectivity index (χ1) is 9.60. The first-order valence-electron chi connectivity index (χ1n) is 6.81. The summed E-state index contributed by atoms with van der Waals surface area (Å²) in [5.41, 5.74) is -0.365. The largest absolute Gasteiger partial charge is 0.461 e. The molecular weight excluding hydrogens is 260 g/mol. The van der Waals surface area contributed by atoms with Gasteiger partial charge in [-0.2, -0.15) is 5.26 Å². The number of carbonyl (C=O) groups excluding carboxylic acids is 1. The van der Waals surface area contributed by atoms with Crippen molar-refractivity contribution >= 4 is 11.7 Å². The maximum Gasteiger partial charge on any atom is 0.371 e. The molecule has 7 heteroatoms. The Labute approximate surface area is 119 Å². The van der Waals surface area contributed by atoms with Gasteiger partial charge in [-0.3, -0.25) is 9.80 Å². The monoisotopic (exact) mass is 282 g/mol. The van der Waals surface area contributed by atoms with Crippen LogP contribution < -0.4 is 0 Å². The second kappa shape index (κ2) is 8.51. The molecule has 1 aliphatic heterocycles. The molecule has 0 amide bonds. The molecule has 0 N–H and O–H groups in total. The maximum absolute atomic E-state index is 11.5. The molecule has 112 valence electrons. The van der Waals surface area contributed by atoms with Crippen molar-refractivity contribution in [2.45, 2.75) is 32.5 Å². The lowest BCUT2D eigenvalue weighted by atomic mass is 10.1. The number of likely N-dealkylation sites (tertiary alicyclic amines) is 1. The molecule has 0 spiro atoms. The van der Waals surface area contributed by atoms with Crippen LogP contribution in [-0.2, 0) is 14.4 Å². The summed E-state index contributed by atoms with van der Waals surface area (Å²) < 4.78 is 4.73. The Morgan fingerprint density at radius 1 is 1.40 bits per heavy atom. The normalized spacial score (nSPS) is 18.4. The third kappa shape index (κ3) is 4.79. The average Bonchev–Trinajstić information content (AvgIpc) is 2.44. The van der Waals surface area contributed by atoms with Crippen LogP contribution >= 0.6 is 0 Å². The summed E-state index contributed by atoms with van der Waals surface area (Å²) in [4.78, 5) is 20.8. The number of carbonyl (C=O) groups is 1. The Balaban J connectivity index is 2.69. The van der Waals surface area contributed by atoms with Crippen molar-refractivity contribution in [3.05, 3.63) is 0 Å². The van der Waals surface area contributed by atoms with Gasteiger partial charge in [-0.1, -0.05) is 11.6 Å². The van der Waals surface area contributed by atoms with E-state index in [0.717, 1.165) is 25.9 Å². The van der Waals surface area contributed by atoms with E-state index >= 15 is 0 Å². The lowest BCUT2D eigenvalue weighted by Crippen LogP contribution is -2.48. The van der Waals surface area contributed by atoms with Crippen LogP contribution in [0.3, 0.4) is 0 Å². The van der Waals surface area contributed by atoms with Gasteiger partial charge in [-0.05, 0) is 33.9 Å². The summed E-state index contributed by atoms with van der Waals surface area (Å²) in [7, 11) is 3.73. The maximum atomic E-state index is 11.5. The number of esters is 1. The average molecular weight is 282 g/mol. The van der Waals surface area contributed by atoms with E-state index in [2.05, 4.69) is 10.1 Å². The Kier molecular flexibility index (Phi) is 6.98. The number of hydrogen-bond donors (Lipinski definition) is 0. The van der Waals surface area contributed by atoms with E-state index in [9.17, 15) is 4.79 Å². The van der Waals surface area contributed by atoms with Crippen LogP contribution in [0.4, 0.5) is 0 Å². The summed E-state index contributed by atoms with van der Waals surface area (Å²) in [5.74, 6) is -0.758. The number of ether oxygens (including phenoxy) is 1. The number of piperidine rings is 1. The highest BCUT2D eigenvalue weighted by atomic mass is 16.7. The van der Waals surface area contributed by atoms with Gasteiger partial charge >= 0.3 is 5.97 Å². The van der Waals surface area contributed by atoms with Crippen molar-refractivity contribution in [1.82, 2.24) is 9.80 Å². The minimum Gasteiger partial charge on any atom is -0.461 e. The zero-order valence-electron chi connectivity index (χ0n) is 12.3. The number of rotatable bonds is 6. The Morgan fingerprint density at radius 2 is 2.05 bits per heavy atom. The fourth-order valence-electron chi connectivity index (χ4n) is 2.03. The predicted molar refractivity (Wildman–Crippen MR) is 73.7 cm³/mol. The molecule has 20 heavy (non-hydrogen) atoms. The van der Waals surface area contributed by atoms with Crippen molar-refractivity contribution < 1.29 is 14.4 Å². The fraction of sp³-hybridized carbons (Fsp3) is 0.769. The van der Waals surface area contributed by atoms with Crippen LogP contribution in [0.1, 0.15) is 26.2 Å². The zero-order chi connectivity index (χ0) is 15.0. The van der Waals surface area contributed by atoms with E-state index < -0.39 is 5.97 Å².